The van der Waals surface area contributed by atoms with Crippen LogP contribution in [-0.2, 0) is 0 Å². The van der Waals surface area contributed by atoms with Crippen LogP contribution in [0.1, 0.15) is 30.3 Å². The third-order valence-electron chi connectivity index (χ3n) is 2.25. The topological polar surface area (TPSA) is 54.9 Å². The van der Waals surface area contributed by atoms with E-state index in [0.717, 1.165) is 12.8 Å². The molecule has 1 aromatic rings. The fourth-order valence-electron chi connectivity index (χ4n) is 1.10. The van der Waals surface area contributed by atoms with Gasteiger partial charge in [-0.2, -0.15) is 0 Å². The predicted octanol–water partition coefficient (Wildman–Crippen LogP) is 1.41. The number of rotatable bonds is 2. The molecule has 2 rings (SSSR count). The number of hydrogen-bond donors (Lipinski definition) is 1. The van der Waals surface area contributed by atoms with E-state index in [1.165, 1.54) is 12.4 Å². The van der Waals surface area contributed by atoms with Crippen molar-refractivity contribution in [3.05, 3.63) is 23.2 Å². The number of amides is 1. The SMILES string of the molecule is CC1(NC(=O)c2cncc(Cl)n2)CC1. The minimum Gasteiger partial charge on any atom is -0.345 e. The van der Waals surface area contributed by atoms with E-state index in [1.54, 1.807) is 0 Å². The number of nitrogens with one attached hydrogen (secondary N) is 1. The maximum absolute atomic E-state index is 11.6. The van der Waals surface area contributed by atoms with Crippen molar-refractivity contribution in [2.45, 2.75) is 25.3 Å². The zero-order chi connectivity index (χ0) is 10.2. The Balaban J connectivity index is 2.11. The molecule has 0 atom stereocenters. The molecular weight excluding hydrogens is 202 g/mol. The molecule has 0 saturated heterocycles. The van der Waals surface area contributed by atoms with Gasteiger partial charge in [0.25, 0.3) is 5.91 Å². The summed E-state index contributed by atoms with van der Waals surface area (Å²) >= 11 is 5.62. The molecule has 1 fully saturated rings. The smallest absolute Gasteiger partial charge is 0.271 e. The number of halogens is 1. The van der Waals surface area contributed by atoms with E-state index in [-0.39, 0.29) is 22.3 Å². The quantitative estimate of drug-likeness (QED) is 0.805. The Hall–Kier alpha value is -1.16. The summed E-state index contributed by atoms with van der Waals surface area (Å²) in [5.74, 6) is -0.208. The molecule has 0 aliphatic heterocycles. The van der Waals surface area contributed by atoms with E-state index in [2.05, 4.69) is 15.3 Å². The van der Waals surface area contributed by atoms with Crippen LogP contribution in [0.15, 0.2) is 12.4 Å². The second kappa shape index (κ2) is 3.20. The molecular formula is C9H10ClN3O. The number of carbonyl (C=O) groups excluding carboxylic acids is 1. The molecule has 74 valence electrons. The van der Waals surface area contributed by atoms with Crippen molar-refractivity contribution in [3.63, 3.8) is 0 Å². The molecule has 1 aliphatic carbocycles. The lowest BCUT2D eigenvalue weighted by Gasteiger charge is -2.10. The van der Waals surface area contributed by atoms with Crippen LogP contribution in [0.25, 0.3) is 0 Å². The average Bonchev–Trinajstić information content (AvgIpc) is 2.83. The third-order valence-corrected chi connectivity index (χ3v) is 2.44. The molecule has 1 amide bonds. The van der Waals surface area contributed by atoms with Crippen LogP contribution in [0.4, 0.5) is 0 Å². The largest absolute Gasteiger partial charge is 0.345 e. The number of aromatic nitrogens is 2. The second-order valence-electron chi connectivity index (χ2n) is 3.74. The molecule has 0 spiro atoms. The summed E-state index contributed by atoms with van der Waals surface area (Å²) < 4.78 is 0. The minimum absolute atomic E-state index is 0.0406. The lowest BCUT2D eigenvalue weighted by Crippen LogP contribution is -2.34. The molecule has 0 unspecified atom stereocenters. The van der Waals surface area contributed by atoms with Gasteiger partial charge in [-0.3, -0.25) is 9.78 Å². The fraction of sp³-hybridized carbons (Fsp3) is 0.444. The van der Waals surface area contributed by atoms with Crippen LogP contribution < -0.4 is 5.32 Å². The molecule has 5 heteroatoms. The molecule has 1 N–H and O–H groups in total. The van der Waals surface area contributed by atoms with Gasteiger partial charge < -0.3 is 5.32 Å². The predicted molar refractivity (Wildman–Crippen MR) is 52.1 cm³/mol. The summed E-state index contributed by atoms with van der Waals surface area (Å²) in [6, 6.07) is 0. The highest BCUT2D eigenvalue weighted by molar-refractivity contribution is 6.29. The van der Waals surface area contributed by atoms with Gasteiger partial charge in [0.15, 0.2) is 0 Å². The van der Waals surface area contributed by atoms with E-state index in [0.29, 0.717) is 0 Å². The van der Waals surface area contributed by atoms with Crippen LogP contribution >= 0.6 is 11.6 Å². The van der Waals surface area contributed by atoms with E-state index in [4.69, 9.17) is 11.6 Å². The van der Waals surface area contributed by atoms with Gasteiger partial charge in [0.2, 0.25) is 0 Å². The van der Waals surface area contributed by atoms with Gasteiger partial charge >= 0.3 is 0 Å². The first-order valence-corrected chi connectivity index (χ1v) is 4.77. The van der Waals surface area contributed by atoms with Gasteiger partial charge in [-0.15, -0.1) is 0 Å². The van der Waals surface area contributed by atoms with Gasteiger partial charge in [-0.25, -0.2) is 4.98 Å². The number of carbonyl (C=O) groups is 1. The maximum Gasteiger partial charge on any atom is 0.271 e. The Labute approximate surface area is 86.7 Å². The van der Waals surface area contributed by atoms with Crippen LogP contribution in [0.3, 0.4) is 0 Å². The highest BCUT2D eigenvalue weighted by Crippen LogP contribution is 2.34. The standard InChI is InChI=1S/C9H10ClN3O/c1-9(2-3-9)13-8(14)6-4-11-5-7(10)12-6/h4-5H,2-3H2,1H3,(H,13,14). The second-order valence-corrected chi connectivity index (χ2v) is 4.13. The van der Waals surface area contributed by atoms with Crippen molar-refractivity contribution < 1.29 is 4.79 Å². The first-order valence-electron chi connectivity index (χ1n) is 4.39. The third kappa shape index (κ3) is 2.01. The van der Waals surface area contributed by atoms with Gasteiger partial charge in [-0.1, -0.05) is 11.6 Å². The molecule has 4 nitrogen and oxygen atoms in total. The molecule has 0 aromatic carbocycles. The zero-order valence-corrected chi connectivity index (χ0v) is 8.51. The van der Waals surface area contributed by atoms with E-state index < -0.39 is 0 Å². The van der Waals surface area contributed by atoms with Crippen molar-refractivity contribution in [3.8, 4) is 0 Å². The summed E-state index contributed by atoms with van der Waals surface area (Å²) in [7, 11) is 0. The molecule has 0 radical (unpaired) electrons. The van der Waals surface area contributed by atoms with E-state index in [1.807, 2.05) is 6.92 Å². The molecule has 1 heterocycles. The summed E-state index contributed by atoms with van der Waals surface area (Å²) in [6.45, 7) is 2.00. The van der Waals surface area contributed by atoms with Crippen molar-refractivity contribution in [2.75, 3.05) is 0 Å². The van der Waals surface area contributed by atoms with Gasteiger partial charge in [0.05, 0.1) is 12.4 Å². The minimum atomic E-state index is -0.208. The van der Waals surface area contributed by atoms with Crippen LogP contribution in [0.5, 0.6) is 0 Å². The number of nitrogens with zero attached hydrogens (tertiary/aromatic N) is 2. The molecule has 0 bridgehead atoms. The van der Waals surface area contributed by atoms with Crippen molar-refractivity contribution in [1.29, 1.82) is 0 Å². The first-order chi connectivity index (χ1) is 6.59. The number of hydrogen-bond acceptors (Lipinski definition) is 3. The highest BCUT2D eigenvalue weighted by atomic mass is 35.5. The highest BCUT2D eigenvalue weighted by Gasteiger charge is 2.39. The molecule has 1 saturated carbocycles. The Bertz CT molecular complexity index is 376. The van der Waals surface area contributed by atoms with Gasteiger partial charge in [0, 0.05) is 5.54 Å². The average molecular weight is 212 g/mol. The van der Waals surface area contributed by atoms with Crippen LogP contribution in [0.2, 0.25) is 5.15 Å². The van der Waals surface area contributed by atoms with Crippen molar-refractivity contribution in [2.24, 2.45) is 0 Å². The first kappa shape index (κ1) is 9.40. The Morgan fingerprint density at radius 2 is 2.29 bits per heavy atom. The Morgan fingerprint density at radius 3 is 2.86 bits per heavy atom. The van der Waals surface area contributed by atoms with Crippen LogP contribution in [-0.4, -0.2) is 21.4 Å². The van der Waals surface area contributed by atoms with E-state index in [9.17, 15) is 4.79 Å². The Morgan fingerprint density at radius 1 is 1.57 bits per heavy atom. The normalized spacial score (nSPS) is 17.6. The lowest BCUT2D eigenvalue weighted by molar-refractivity contribution is 0.0930. The van der Waals surface area contributed by atoms with Crippen molar-refractivity contribution >= 4 is 17.5 Å². The molecule has 1 aliphatic rings. The molecule has 1 aromatic heterocycles. The fourth-order valence-corrected chi connectivity index (χ4v) is 1.25. The summed E-state index contributed by atoms with van der Waals surface area (Å²) in [5.41, 5.74) is 0.229. The summed E-state index contributed by atoms with van der Waals surface area (Å²) in [4.78, 5) is 19.3. The maximum atomic E-state index is 11.6. The summed E-state index contributed by atoms with van der Waals surface area (Å²) in [6.07, 6.45) is 4.85. The van der Waals surface area contributed by atoms with Crippen LogP contribution in [0, 0.1) is 0 Å². The van der Waals surface area contributed by atoms with Gasteiger partial charge in [-0.05, 0) is 19.8 Å². The van der Waals surface area contributed by atoms with Crippen molar-refractivity contribution in [1.82, 2.24) is 15.3 Å². The zero-order valence-electron chi connectivity index (χ0n) is 7.75. The molecule has 14 heavy (non-hydrogen) atoms. The van der Waals surface area contributed by atoms with Gasteiger partial charge in [0.1, 0.15) is 10.8 Å². The van der Waals surface area contributed by atoms with E-state index >= 15 is 0 Å². The summed E-state index contributed by atoms with van der Waals surface area (Å²) in [5, 5.41) is 3.11. The lowest BCUT2D eigenvalue weighted by atomic mass is 10.3. The monoisotopic (exact) mass is 211 g/mol. The Kier molecular flexibility index (Phi) is 2.15.